The molecule has 2 aliphatic heterocycles. The van der Waals surface area contributed by atoms with E-state index in [1.807, 2.05) is 0 Å². The molecular weight excluding hydrogens is 224 g/mol. The van der Waals surface area contributed by atoms with Crippen molar-refractivity contribution in [1.82, 2.24) is 10.2 Å². The van der Waals surface area contributed by atoms with E-state index >= 15 is 0 Å². The lowest BCUT2D eigenvalue weighted by Gasteiger charge is -2.43. The van der Waals surface area contributed by atoms with Crippen molar-refractivity contribution in [3.8, 4) is 0 Å². The number of ether oxygens (including phenoxy) is 1. The molecular formula is C15H30N2O. The van der Waals surface area contributed by atoms with Crippen molar-refractivity contribution in [3.05, 3.63) is 0 Å². The molecule has 3 heteroatoms. The van der Waals surface area contributed by atoms with E-state index in [1.54, 1.807) is 0 Å². The fourth-order valence-electron chi connectivity index (χ4n) is 3.22. The molecule has 0 radical (unpaired) electrons. The molecule has 0 aromatic heterocycles. The van der Waals surface area contributed by atoms with Gasteiger partial charge in [0.1, 0.15) is 0 Å². The molecule has 2 aliphatic rings. The van der Waals surface area contributed by atoms with Crippen LogP contribution in [0.1, 0.15) is 46.5 Å². The summed E-state index contributed by atoms with van der Waals surface area (Å²) in [7, 11) is 0. The Morgan fingerprint density at radius 2 is 2.22 bits per heavy atom. The molecule has 3 nitrogen and oxygen atoms in total. The average Bonchev–Trinajstić information content (AvgIpc) is 2.90. The van der Waals surface area contributed by atoms with E-state index in [1.165, 1.54) is 32.2 Å². The SMILES string of the molecule is CCC(C)C1CN(CC2CCCO2)C(CC)CN1. The molecule has 2 heterocycles. The second-order valence-corrected chi connectivity index (χ2v) is 6.05. The highest BCUT2D eigenvalue weighted by atomic mass is 16.5. The Morgan fingerprint density at radius 3 is 2.83 bits per heavy atom. The number of nitrogens with one attached hydrogen (secondary N) is 1. The van der Waals surface area contributed by atoms with Crippen molar-refractivity contribution in [3.63, 3.8) is 0 Å². The monoisotopic (exact) mass is 254 g/mol. The normalized spacial score (nSPS) is 35.8. The first-order chi connectivity index (χ1) is 8.74. The minimum absolute atomic E-state index is 0.495. The van der Waals surface area contributed by atoms with E-state index in [4.69, 9.17) is 4.74 Å². The highest BCUT2D eigenvalue weighted by Gasteiger charge is 2.31. The molecule has 0 bridgehead atoms. The Bertz CT molecular complexity index is 241. The van der Waals surface area contributed by atoms with Gasteiger partial charge in [0.25, 0.3) is 0 Å². The fraction of sp³-hybridized carbons (Fsp3) is 1.00. The van der Waals surface area contributed by atoms with Crippen molar-refractivity contribution >= 4 is 0 Å². The van der Waals surface area contributed by atoms with Gasteiger partial charge in [-0.2, -0.15) is 0 Å². The first kappa shape index (κ1) is 14.3. The summed E-state index contributed by atoms with van der Waals surface area (Å²) in [6, 6.07) is 1.37. The molecule has 18 heavy (non-hydrogen) atoms. The summed E-state index contributed by atoms with van der Waals surface area (Å²) in [6.07, 6.45) is 5.51. The second kappa shape index (κ2) is 6.88. The number of hydrogen-bond donors (Lipinski definition) is 1. The lowest BCUT2D eigenvalue weighted by Crippen LogP contribution is -2.59. The minimum atomic E-state index is 0.495. The predicted molar refractivity (Wildman–Crippen MR) is 75.9 cm³/mol. The van der Waals surface area contributed by atoms with E-state index in [9.17, 15) is 0 Å². The summed E-state index contributed by atoms with van der Waals surface area (Å²) in [5.74, 6) is 0.773. The van der Waals surface area contributed by atoms with Crippen molar-refractivity contribution in [2.24, 2.45) is 5.92 Å². The van der Waals surface area contributed by atoms with Gasteiger partial charge in [-0.05, 0) is 25.2 Å². The van der Waals surface area contributed by atoms with Crippen LogP contribution in [-0.2, 0) is 4.74 Å². The Morgan fingerprint density at radius 1 is 1.39 bits per heavy atom. The van der Waals surface area contributed by atoms with Crippen LogP contribution in [0.2, 0.25) is 0 Å². The van der Waals surface area contributed by atoms with Gasteiger partial charge in [-0.25, -0.2) is 0 Å². The van der Waals surface area contributed by atoms with Crippen molar-refractivity contribution in [2.75, 3.05) is 26.2 Å². The number of rotatable bonds is 5. The van der Waals surface area contributed by atoms with Gasteiger partial charge in [-0.15, -0.1) is 0 Å². The third-order valence-corrected chi connectivity index (χ3v) is 4.83. The zero-order valence-electron chi connectivity index (χ0n) is 12.3. The van der Waals surface area contributed by atoms with Crippen LogP contribution in [0.5, 0.6) is 0 Å². The van der Waals surface area contributed by atoms with Gasteiger partial charge in [0.15, 0.2) is 0 Å². The van der Waals surface area contributed by atoms with Crippen LogP contribution in [0.15, 0.2) is 0 Å². The molecule has 4 atom stereocenters. The van der Waals surface area contributed by atoms with E-state index in [0.717, 1.165) is 25.6 Å². The van der Waals surface area contributed by atoms with Crippen LogP contribution in [0, 0.1) is 5.92 Å². The molecule has 4 unspecified atom stereocenters. The summed E-state index contributed by atoms with van der Waals surface area (Å²) < 4.78 is 5.81. The lowest BCUT2D eigenvalue weighted by molar-refractivity contribution is 0.0321. The molecule has 0 spiro atoms. The molecule has 2 fully saturated rings. The fourth-order valence-corrected chi connectivity index (χ4v) is 3.22. The Kier molecular flexibility index (Phi) is 5.46. The van der Waals surface area contributed by atoms with Gasteiger partial charge < -0.3 is 10.1 Å². The van der Waals surface area contributed by atoms with Crippen molar-refractivity contribution in [1.29, 1.82) is 0 Å². The molecule has 0 aromatic carbocycles. The topological polar surface area (TPSA) is 24.5 Å². The molecule has 0 aliphatic carbocycles. The third kappa shape index (κ3) is 3.46. The Hall–Kier alpha value is -0.120. The van der Waals surface area contributed by atoms with Gasteiger partial charge in [-0.3, -0.25) is 4.90 Å². The van der Waals surface area contributed by atoms with Gasteiger partial charge >= 0.3 is 0 Å². The van der Waals surface area contributed by atoms with Gasteiger partial charge in [0.2, 0.25) is 0 Å². The maximum atomic E-state index is 5.81. The van der Waals surface area contributed by atoms with Crippen LogP contribution < -0.4 is 5.32 Å². The predicted octanol–water partition coefficient (Wildman–Crippen LogP) is 2.26. The molecule has 2 saturated heterocycles. The highest BCUT2D eigenvalue weighted by Crippen LogP contribution is 2.20. The first-order valence-electron chi connectivity index (χ1n) is 7.83. The summed E-state index contributed by atoms with van der Waals surface area (Å²) in [5.41, 5.74) is 0. The molecule has 0 saturated carbocycles. The zero-order chi connectivity index (χ0) is 13.0. The number of hydrogen-bond acceptors (Lipinski definition) is 3. The Labute approximate surface area is 112 Å². The van der Waals surface area contributed by atoms with E-state index in [0.29, 0.717) is 18.2 Å². The molecule has 0 amide bonds. The molecule has 106 valence electrons. The molecule has 2 rings (SSSR count). The Balaban J connectivity index is 1.89. The standard InChI is InChI=1S/C15H30N2O/c1-4-12(3)15-11-17(13(5-2)9-16-15)10-14-7-6-8-18-14/h12-16H,4-11H2,1-3H3. The largest absolute Gasteiger partial charge is 0.377 e. The van der Waals surface area contributed by atoms with Gasteiger partial charge in [-0.1, -0.05) is 27.2 Å². The van der Waals surface area contributed by atoms with Gasteiger partial charge in [0.05, 0.1) is 6.10 Å². The van der Waals surface area contributed by atoms with Crippen molar-refractivity contribution < 1.29 is 4.74 Å². The molecule has 1 N–H and O–H groups in total. The van der Waals surface area contributed by atoms with E-state index in [2.05, 4.69) is 31.0 Å². The molecule has 0 aromatic rings. The van der Waals surface area contributed by atoms with E-state index in [-0.39, 0.29) is 0 Å². The quantitative estimate of drug-likeness (QED) is 0.814. The van der Waals surface area contributed by atoms with Crippen LogP contribution in [0.4, 0.5) is 0 Å². The lowest BCUT2D eigenvalue weighted by atomic mass is 9.94. The van der Waals surface area contributed by atoms with Crippen molar-refractivity contribution in [2.45, 2.75) is 64.6 Å². The highest BCUT2D eigenvalue weighted by molar-refractivity contribution is 4.89. The number of nitrogens with zero attached hydrogens (tertiary/aromatic N) is 1. The second-order valence-electron chi connectivity index (χ2n) is 6.05. The van der Waals surface area contributed by atoms with Crippen LogP contribution in [0.25, 0.3) is 0 Å². The maximum Gasteiger partial charge on any atom is 0.0702 e. The van der Waals surface area contributed by atoms with Gasteiger partial charge in [0, 0.05) is 38.3 Å². The zero-order valence-corrected chi connectivity index (χ0v) is 12.3. The minimum Gasteiger partial charge on any atom is -0.377 e. The van der Waals surface area contributed by atoms with E-state index < -0.39 is 0 Å². The van der Waals surface area contributed by atoms with Crippen LogP contribution >= 0.6 is 0 Å². The smallest absolute Gasteiger partial charge is 0.0702 e. The third-order valence-electron chi connectivity index (χ3n) is 4.83. The average molecular weight is 254 g/mol. The summed E-state index contributed by atoms with van der Waals surface area (Å²) >= 11 is 0. The number of piperazine rings is 1. The van der Waals surface area contributed by atoms with Crippen LogP contribution in [-0.4, -0.2) is 49.3 Å². The summed E-state index contributed by atoms with van der Waals surface area (Å²) in [6.45, 7) is 11.4. The summed E-state index contributed by atoms with van der Waals surface area (Å²) in [5, 5.41) is 3.74. The first-order valence-corrected chi connectivity index (χ1v) is 7.83. The van der Waals surface area contributed by atoms with Crippen LogP contribution in [0.3, 0.4) is 0 Å². The maximum absolute atomic E-state index is 5.81. The summed E-state index contributed by atoms with van der Waals surface area (Å²) in [4.78, 5) is 2.68.